The van der Waals surface area contributed by atoms with Crippen LogP contribution in [0.3, 0.4) is 0 Å². The molecule has 0 aliphatic heterocycles. The predicted octanol–water partition coefficient (Wildman–Crippen LogP) is 2.75. The molecule has 0 aliphatic rings. The molecule has 1 aromatic heterocycles. The molecule has 1 aromatic rings. The molecular weight excluding hydrogens is 182 g/mol. The van der Waals surface area contributed by atoms with Crippen molar-refractivity contribution in [1.29, 1.82) is 0 Å². The van der Waals surface area contributed by atoms with Crippen molar-refractivity contribution in [3.63, 3.8) is 0 Å². The molecule has 0 saturated heterocycles. The van der Waals surface area contributed by atoms with Gasteiger partial charge in [0.05, 0.1) is 0 Å². The molecule has 3 heteroatoms. The Morgan fingerprint density at radius 1 is 1.62 bits per heavy atom. The quantitative estimate of drug-likeness (QED) is 0.695. The minimum atomic E-state index is 0.118. The number of aromatic nitrogens is 1. The van der Waals surface area contributed by atoms with Gasteiger partial charge in [0.2, 0.25) is 0 Å². The second kappa shape index (κ2) is 5.02. The molecule has 0 spiro atoms. The molecule has 70 valence electrons. The molecule has 2 nitrogen and oxygen atoms in total. The fourth-order valence-electron chi connectivity index (χ4n) is 0.778. The Balaban J connectivity index is 2.55. The van der Waals surface area contributed by atoms with Crippen LogP contribution in [0.5, 0.6) is 0 Å². The number of hydrogen-bond donors (Lipinski definition) is 0. The van der Waals surface area contributed by atoms with Gasteiger partial charge in [-0.05, 0) is 30.3 Å². The maximum atomic E-state index is 11.5. The Morgan fingerprint density at radius 3 is 2.92 bits per heavy atom. The maximum Gasteiger partial charge on any atom is 0.197 e. The van der Waals surface area contributed by atoms with Crippen LogP contribution in [0.4, 0.5) is 0 Å². The van der Waals surface area contributed by atoms with Crippen molar-refractivity contribution < 1.29 is 4.79 Å². The molecule has 1 unspecified atom stereocenters. The van der Waals surface area contributed by atoms with Gasteiger partial charge < -0.3 is 0 Å². The number of nitrogens with zero attached hydrogens (tertiary/aromatic N) is 1. The number of hydrogen-bond acceptors (Lipinski definition) is 3. The third kappa shape index (κ3) is 3.19. The first-order valence-corrected chi connectivity index (χ1v) is 5.18. The Hall–Kier alpha value is -0.830. The lowest BCUT2D eigenvalue weighted by atomic mass is 10.1. The summed E-state index contributed by atoms with van der Waals surface area (Å²) in [5.41, 5.74) is 0. The van der Waals surface area contributed by atoms with Gasteiger partial charge in [-0.2, -0.15) is 0 Å². The zero-order chi connectivity index (χ0) is 9.68. The van der Waals surface area contributed by atoms with Crippen molar-refractivity contribution in [2.75, 3.05) is 0 Å². The third-order valence-corrected chi connectivity index (χ3v) is 2.91. The van der Waals surface area contributed by atoms with E-state index in [0.29, 0.717) is 0 Å². The number of carbonyl (C=O) groups excluding carboxylic acids is 1. The molecule has 0 saturated carbocycles. The highest BCUT2D eigenvalue weighted by atomic mass is 32.2. The number of thioether (sulfide) groups is 1. The van der Waals surface area contributed by atoms with Crippen molar-refractivity contribution in [2.45, 2.75) is 25.3 Å². The standard InChI is InChI=1S/C10H13NOS/c1-3-8(2)10(12)13-9-6-4-5-7-11-9/h4-8H,3H2,1-2H3. The summed E-state index contributed by atoms with van der Waals surface area (Å²) in [6.45, 7) is 3.96. The van der Waals surface area contributed by atoms with Gasteiger partial charge in [0, 0.05) is 12.1 Å². The highest BCUT2D eigenvalue weighted by Crippen LogP contribution is 2.20. The van der Waals surface area contributed by atoms with E-state index in [-0.39, 0.29) is 11.0 Å². The van der Waals surface area contributed by atoms with Crippen molar-refractivity contribution in [2.24, 2.45) is 5.92 Å². The molecule has 0 radical (unpaired) electrons. The van der Waals surface area contributed by atoms with Crippen molar-refractivity contribution in [1.82, 2.24) is 4.98 Å². The van der Waals surface area contributed by atoms with Gasteiger partial charge in [0.15, 0.2) is 5.12 Å². The van der Waals surface area contributed by atoms with E-state index >= 15 is 0 Å². The summed E-state index contributed by atoms with van der Waals surface area (Å²) in [5, 5.41) is 0.981. The van der Waals surface area contributed by atoms with Crippen LogP contribution in [-0.4, -0.2) is 10.1 Å². The highest BCUT2D eigenvalue weighted by molar-refractivity contribution is 8.13. The summed E-state index contributed by atoms with van der Waals surface area (Å²) in [4.78, 5) is 15.5. The van der Waals surface area contributed by atoms with Gasteiger partial charge >= 0.3 is 0 Å². The first-order chi connectivity index (χ1) is 6.24. The van der Waals surface area contributed by atoms with E-state index in [1.807, 2.05) is 32.0 Å². The fraction of sp³-hybridized carbons (Fsp3) is 0.400. The van der Waals surface area contributed by atoms with Crippen LogP contribution < -0.4 is 0 Å². The van der Waals surface area contributed by atoms with Gasteiger partial charge in [-0.15, -0.1) is 0 Å². The van der Waals surface area contributed by atoms with E-state index in [2.05, 4.69) is 4.98 Å². The summed E-state index contributed by atoms with van der Waals surface area (Å²) in [7, 11) is 0. The average Bonchev–Trinajstić information content (AvgIpc) is 2.18. The summed E-state index contributed by atoms with van der Waals surface area (Å²) >= 11 is 1.23. The lowest BCUT2D eigenvalue weighted by Crippen LogP contribution is -2.04. The molecule has 0 bridgehead atoms. The van der Waals surface area contributed by atoms with Crippen LogP contribution >= 0.6 is 11.8 Å². The van der Waals surface area contributed by atoms with Crippen molar-refractivity contribution in [3.8, 4) is 0 Å². The lowest BCUT2D eigenvalue weighted by Gasteiger charge is -2.04. The van der Waals surface area contributed by atoms with Crippen LogP contribution in [0, 0.1) is 5.92 Å². The normalized spacial score (nSPS) is 12.5. The first kappa shape index (κ1) is 10.3. The zero-order valence-electron chi connectivity index (χ0n) is 7.86. The molecule has 1 heterocycles. The maximum absolute atomic E-state index is 11.5. The molecule has 13 heavy (non-hydrogen) atoms. The van der Waals surface area contributed by atoms with Gasteiger partial charge in [0.1, 0.15) is 5.03 Å². The Morgan fingerprint density at radius 2 is 2.38 bits per heavy atom. The fourth-order valence-corrected chi connectivity index (χ4v) is 1.61. The first-order valence-electron chi connectivity index (χ1n) is 4.36. The Bertz CT molecular complexity index is 274. The van der Waals surface area contributed by atoms with Gasteiger partial charge in [-0.1, -0.05) is 19.9 Å². The third-order valence-electron chi connectivity index (χ3n) is 1.86. The highest BCUT2D eigenvalue weighted by Gasteiger charge is 2.12. The SMILES string of the molecule is CCC(C)C(=O)Sc1ccccn1. The minimum absolute atomic E-state index is 0.118. The molecule has 0 aromatic carbocycles. The number of rotatable bonds is 3. The predicted molar refractivity (Wildman–Crippen MR) is 54.6 cm³/mol. The molecule has 1 rings (SSSR count). The topological polar surface area (TPSA) is 30.0 Å². The van der Waals surface area contributed by atoms with E-state index in [9.17, 15) is 4.79 Å². The molecule has 0 fully saturated rings. The number of pyridine rings is 1. The Labute approximate surface area is 82.8 Å². The van der Waals surface area contributed by atoms with E-state index < -0.39 is 0 Å². The van der Waals surface area contributed by atoms with E-state index in [4.69, 9.17) is 0 Å². The Kier molecular flexibility index (Phi) is 3.96. The van der Waals surface area contributed by atoms with E-state index in [1.165, 1.54) is 11.8 Å². The zero-order valence-corrected chi connectivity index (χ0v) is 8.67. The van der Waals surface area contributed by atoms with Crippen LogP contribution in [0.25, 0.3) is 0 Å². The van der Waals surface area contributed by atoms with Crippen LogP contribution in [0.15, 0.2) is 29.4 Å². The average molecular weight is 195 g/mol. The van der Waals surface area contributed by atoms with Gasteiger partial charge in [-0.25, -0.2) is 4.98 Å². The van der Waals surface area contributed by atoms with Crippen LogP contribution in [0.1, 0.15) is 20.3 Å². The van der Waals surface area contributed by atoms with Crippen molar-refractivity contribution in [3.05, 3.63) is 24.4 Å². The second-order valence-electron chi connectivity index (χ2n) is 2.90. The molecule has 1 atom stereocenters. The molecule has 0 amide bonds. The second-order valence-corrected chi connectivity index (χ2v) is 3.92. The number of carbonyl (C=O) groups is 1. The van der Waals surface area contributed by atoms with E-state index in [0.717, 1.165) is 11.4 Å². The summed E-state index contributed by atoms with van der Waals surface area (Å²) < 4.78 is 0. The van der Waals surface area contributed by atoms with Gasteiger partial charge in [-0.3, -0.25) is 4.79 Å². The molecule has 0 N–H and O–H groups in total. The van der Waals surface area contributed by atoms with E-state index in [1.54, 1.807) is 6.20 Å². The van der Waals surface area contributed by atoms with Crippen molar-refractivity contribution >= 4 is 16.9 Å². The molecule has 0 aliphatic carbocycles. The summed E-state index contributed by atoms with van der Waals surface area (Å²) in [6, 6.07) is 5.59. The summed E-state index contributed by atoms with van der Waals surface area (Å²) in [5.74, 6) is 0.118. The monoisotopic (exact) mass is 195 g/mol. The summed E-state index contributed by atoms with van der Waals surface area (Å²) in [6.07, 6.45) is 2.59. The van der Waals surface area contributed by atoms with Crippen LogP contribution in [0.2, 0.25) is 0 Å². The molecular formula is C10H13NOS. The van der Waals surface area contributed by atoms with Crippen LogP contribution in [-0.2, 0) is 4.79 Å². The minimum Gasteiger partial charge on any atom is -0.286 e. The smallest absolute Gasteiger partial charge is 0.197 e. The largest absolute Gasteiger partial charge is 0.286 e. The lowest BCUT2D eigenvalue weighted by molar-refractivity contribution is -0.114. The van der Waals surface area contributed by atoms with Gasteiger partial charge in [0.25, 0.3) is 0 Å².